The second-order valence-corrected chi connectivity index (χ2v) is 5.97. The van der Waals surface area contributed by atoms with Crippen LogP contribution in [0.5, 0.6) is 0 Å². The van der Waals surface area contributed by atoms with E-state index in [-0.39, 0.29) is 6.10 Å². The summed E-state index contributed by atoms with van der Waals surface area (Å²) in [6.07, 6.45) is 0.933. The SMILES string of the molecule is CC1(C)OC[C@H]([C@H]2O/C(=C/C#Cc3ccccc3)C[C@H]2O)O1. The van der Waals surface area contributed by atoms with Crippen LogP contribution in [-0.2, 0) is 14.2 Å². The van der Waals surface area contributed by atoms with E-state index in [0.717, 1.165) is 5.56 Å². The number of hydrogen-bond acceptors (Lipinski definition) is 4. The summed E-state index contributed by atoms with van der Waals surface area (Å²) in [5.74, 6) is 6.08. The Morgan fingerprint density at radius 2 is 2.05 bits per heavy atom. The van der Waals surface area contributed by atoms with Crippen LogP contribution in [-0.4, -0.2) is 35.8 Å². The number of ether oxygens (including phenoxy) is 3. The molecule has 1 N–H and O–H groups in total. The Hall–Kier alpha value is -1.80. The van der Waals surface area contributed by atoms with Crippen molar-refractivity contribution in [2.45, 2.75) is 44.4 Å². The Morgan fingerprint density at radius 3 is 2.73 bits per heavy atom. The molecule has 22 heavy (non-hydrogen) atoms. The molecule has 2 fully saturated rings. The summed E-state index contributed by atoms with van der Waals surface area (Å²) in [7, 11) is 0. The fourth-order valence-electron chi connectivity index (χ4n) is 2.64. The molecule has 0 aliphatic carbocycles. The standard InChI is InChI=1S/C18H20O4/c1-18(2)20-12-16(22-18)17-15(19)11-14(21-17)10-6-9-13-7-4-3-5-8-13/h3-5,7-8,10,15-17,19H,11-12H2,1-2H3/b14-10+/t15-,16-,17+/m1/s1. The third-order valence-corrected chi connectivity index (χ3v) is 3.70. The first-order valence-corrected chi connectivity index (χ1v) is 7.46. The minimum Gasteiger partial charge on any atom is -0.488 e. The summed E-state index contributed by atoms with van der Waals surface area (Å²) in [5.41, 5.74) is 0.948. The number of aliphatic hydroxyl groups is 1. The molecule has 3 atom stereocenters. The number of benzene rings is 1. The second-order valence-electron chi connectivity index (χ2n) is 5.97. The molecule has 2 aliphatic rings. The Labute approximate surface area is 130 Å². The van der Waals surface area contributed by atoms with Crippen molar-refractivity contribution in [3.63, 3.8) is 0 Å². The first-order chi connectivity index (χ1) is 10.5. The van der Waals surface area contributed by atoms with E-state index in [4.69, 9.17) is 14.2 Å². The maximum Gasteiger partial charge on any atom is 0.163 e. The molecule has 0 amide bonds. The third-order valence-electron chi connectivity index (χ3n) is 3.70. The van der Waals surface area contributed by atoms with Crippen LogP contribution in [0.3, 0.4) is 0 Å². The van der Waals surface area contributed by atoms with Crippen molar-refractivity contribution < 1.29 is 19.3 Å². The fourth-order valence-corrected chi connectivity index (χ4v) is 2.64. The number of rotatable bonds is 1. The van der Waals surface area contributed by atoms with E-state index in [2.05, 4.69) is 11.8 Å². The van der Waals surface area contributed by atoms with Gasteiger partial charge in [0, 0.05) is 18.1 Å². The van der Waals surface area contributed by atoms with Gasteiger partial charge in [0.25, 0.3) is 0 Å². The summed E-state index contributed by atoms with van der Waals surface area (Å²) < 4.78 is 17.1. The van der Waals surface area contributed by atoms with Crippen LogP contribution in [0.1, 0.15) is 25.8 Å². The van der Waals surface area contributed by atoms with Crippen molar-refractivity contribution in [1.82, 2.24) is 0 Å². The zero-order chi connectivity index (χ0) is 15.6. The van der Waals surface area contributed by atoms with E-state index < -0.39 is 18.0 Å². The van der Waals surface area contributed by atoms with Gasteiger partial charge in [-0.25, -0.2) is 0 Å². The maximum absolute atomic E-state index is 10.2. The molecule has 0 saturated carbocycles. The Kier molecular flexibility index (Phi) is 4.21. The van der Waals surface area contributed by atoms with Crippen molar-refractivity contribution in [3.8, 4) is 11.8 Å². The average Bonchev–Trinajstić information content (AvgIpc) is 3.02. The topological polar surface area (TPSA) is 47.9 Å². The molecule has 2 saturated heterocycles. The lowest BCUT2D eigenvalue weighted by Gasteiger charge is -2.22. The molecule has 0 unspecified atom stereocenters. The molecule has 2 heterocycles. The molecule has 116 valence electrons. The molecule has 0 radical (unpaired) electrons. The summed E-state index contributed by atoms with van der Waals surface area (Å²) in [6, 6.07) is 9.75. The molecule has 0 aromatic heterocycles. The van der Waals surface area contributed by atoms with E-state index in [1.54, 1.807) is 6.08 Å². The quantitative estimate of drug-likeness (QED) is 0.808. The first kappa shape index (κ1) is 15.1. The lowest BCUT2D eigenvalue weighted by atomic mass is 10.1. The van der Waals surface area contributed by atoms with Crippen molar-refractivity contribution in [3.05, 3.63) is 47.7 Å². The van der Waals surface area contributed by atoms with E-state index in [0.29, 0.717) is 18.8 Å². The summed E-state index contributed by atoms with van der Waals surface area (Å²) in [5, 5.41) is 10.2. The van der Waals surface area contributed by atoms with Crippen LogP contribution in [0.15, 0.2) is 42.2 Å². The van der Waals surface area contributed by atoms with Crippen LogP contribution < -0.4 is 0 Å². The maximum atomic E-state index is 10.2. The largest absolute Gasteiger partial charge is 0.488 e. The summed E-state index contributed by atoms with van der Waals surface area (Å²) in [4.78, 5) is 0. The van der Waals surface area contributed by atoms with E-state index in [1.807, 2.05) is 44.2 Å². The zero-order valence-electron chi connectivity index (χ0n) is 12.8. The Morgan fingerprint density at radius 1 is 1.27 bits per heavy atom. The summed E-state index contributed by atoms with van der Waals surface area (Å²) in [6.45, 7) is 4.14. The minimum atomic E-state index is -0.618. The normalized spacial score (nSPS) is 31.6. The van der Waals surface area contributed by atoms with Gasteiger partial charge in [-0.2, -0.15) is 0 Å². The smallest absolute Gasteiger partial charge is 0.163 e. The van der Waals surface area contributed by atoms with Gasteiger partial charge in [-0.05, 0) is 26.0 Å². The predicted molar refractivity (Wildman–Crippen MR) is 81.8 cm³/mol. The van der Waals surface area contributed by atoms with Gasteiger partial charge in [0.2, 0.25) is 0 Å². The van der Waals surface area contributed by atoms with Gasteiger partial charge in [0.05, 0.1) is 6.61 Å². The third kappa shape index (κ3) is 3.50. The van der Waals surface area contributed by atoms with Crippen molar-refractivity contribution in [1.29, 1.82) is 0 Å². The van der Waals surface area contributed by atoms with Crippen molar-refractivity contribution in [2.24, 2.45) is 0 Å². The van der Waals surface area contributed by atoms with Gasteiger partial charge in [-0.1, -0.05) is 30.0 Å². The highest BCUT2D eigenvalue weighted by Crippen LogP contribution is 2.33. The number of aliphatic hydroxyl groups excluding tert-OH is 1. The van der Waals surface area contributed by atoms with Gasteiger partial charge < -0.3 is 19.3 Å². The Balaban J connectivity index is 1.64. The van der Waals surface area contributed by atoms with E-state index in [9.17, 15) is 5.11 Å². The number of hydrogen-bond donors (Lipinski definition) is 1. The highest BCUT2D eigenvalue weighted by Gasteiger charge is 2.44. The number of allylic oxidation sites excluding steroid dienone is 1. The fraction of sp³-hybridized carbons (Fsp3) is 0.444. The monoisotopic (exact) mass is 300 g/mol. The predicted octanol–water partition coefficient (Wildman–Crippen LogP) is 2.22. The molecule has 0 spiro atoms. The minimum absolute atomic E-state index is 0.252. The molecule has 1 aromatic carbocycles. The molecule has 1 aromatic rings. The van der Waals surface area contributed by atoms with Crippen LogP contribution in [0.2, 0.25) is 0 Å². The van der Waals surface area contributed by atoms with Crippen molar-refractivity contribution in [2.75, 3.05) is 6.61 Å². The van der Waals surface area contributed by atoms with Gasteiger partial charge >= 0.3 is 0 Å². The van der Waals surface area contributed by atoms with Crippen molar-refractivity contribution >= 4 is 0 Å². The van der Waals surface area contributed by atoms with Crippen LogP contribution in [0.25, 0.3) is 0 Å². The zero-order valence-corrected chi connectivity index (χ0v) is 12.8. The molecule has 2 aliphatic heterocycles. The highest BCUT2D eigenvalue weighted by molar-refractivity contribution is 5.37. The van der Waals surface area contributed by atoms with Crippen LogP contribution in [0, 0.1) is 11.8 Å². The average molecular weight is 300 g/mol. The van der Waals surface area contributed by atoms with Crippen LogP contribution in [0.4, 0.5) is 0 Å². The first-order valence-electron chi connectivity index (χ1n) is 7.46. The van der Waals surface area contributed by atoms with Gasteiger partial charge in [-0.3, -0.25) is 0 Å². The molecule has 0 bridgehead atoms. The highest BCUT2D eigenvalue weighted by atomic mass is 16.8. The molecule has 4 heteroatoms. The van der Waals surface area contributed by atoms with E-state index in [1.165, 1.54) is 0 Å². The molecule has 3 rings (SSSR count). The van der Waals surface area contributed by atoms with Crippen LogP contribution >= 0.6 is 0 Å². The van der Waals surface area contributed by atoms with Gasteiger partial charge in [-0.15, -0.1) is 0 Å². The van der Waals surface area contributed by atoms with Gasteiger partial charge in [0.1, 0.15) is 18.0 Å². The summed E-state index contributed by atoms with van der Waals surface area (Å²) >= 11 is 0. The second kappa shape index (κ2) is 6.13. The lowest BCUT2D eigenvalue weighted by Crippen LogP contribution is -2.37. The lowest BCUT2D eigenvalue weighted by molar-refractivity contribution is -0.155. The molecule has 4 nitrogen and oxygen atoms in total. The van der Waals surface area contributed by atoms with Gasteiger partial charge in [0.15, 0.2) is 11.9 Å². The molecular formula is C18H20O4. The Bertz CT molecular complexity index is 609. The van der Waals surface area contributed by atoms with E-state index >= 15 is 0 Å². The molecular weight excluding hydrogens is 280 g/mol.